The lowest BCUT2D eigenvalue weighted by Gasteiger charge is -2.19. The summed E-state index contributed by atoms with van der Waals surface area (Å²) in [6.45, 7) is 4.40. The van der Waals surface area contributed by atoms with E-state index in [1.807, 2.05) is 36.4 Å². The van der Waals surface area contributed by atoms with Crippen LogP contribution >= 0.6 is 0 Å². The minimum Gasteiger partial charge on any atom is -0.382 e. The molecule has 0 aliphatic rings. The number of benzene rings is 5. The van der Waals surface area contributed by atoms with E-state index >= 15 is 0 Å². The van der Waals surface area contributed by atoms with Crippen molar-refractivity contribution < 1.29 is 0 Å². The first-order chi connectivity index (χ1) is 21.2. The molecule has 0 saturated carbocycles. The van der Waals surface area contributed by atoms with Crippen molar-refractivity contribution in [1.82, 2.24) is 4.98 Å². The number of nitrogens with zero attached hydrogens (tertiary/aromatic N) is 1. The summed E-state index contributed by atoms with van der Waals surface area (Å²) < 4.78 is 0. The molecule has 43 heavy (non-hydrogen) atoms. The lowest BCUT2D eigenvalue weighted by Crippen LogP contribution is -2.14. The Morgan fingerprint density at radius 1 is 0.488 bits per heavy atom. The number of hydrazine groups is 3. The summed E-state index contributed by atoms with van der Waals surface area (Å²) in [4.78, 5) is 4.11. The number of pyridine rings is 1. The van der Waals surface area contributed by atoms with Crippen molar-refractivity contribution >= 4 is 61.4 Å². The van der Waals surface area contributed by atoms with Crippen LogP contribution in [0.4, 0.5) is 39.8 Å². The molecule has 0 radical (unpaired) electrons. The summed E-state index contributed by atoms with van der Waals surface area (Å²) in [5, 5.41) is 8.18. The van der Waals surface area contributed by atoms with Gasteiger partial charge in [-0.1, -0.05) is 55.5 Å². The maximum absolute atomic E-state index is 4.11. The summed E-state index contributed by atoms with van der Waals surface area (Å²) >= 11 is 0. The summed E-state index contributed by atoms with van der Waals surface area (Å²) in [5.41, 5.74) is 26.9. The van der Waals surface area contributed by atoms with Crippen molar-refractivity contribution in [3.05, 3.63) is 122 Å². The van der Waals surface area contributed by atoms with Gasteiger partial charge in [-0.2, -0.15) is 0 Å². The first-order valence-corrected chi connectivity index (χ1v) is 14.5. The predicted molar refractivity (Wildman–Crippen MR) is 184 cm³/mol. The molecule has 0 bridgehead atoms. The van der Waals surface area contributed by atoms with Gasteiger partial charge in [0.2, 0.25) is 0 Å². The number of nitrogens with one attached hydrogen (secondary N) is 7. The highest BCUT2D eigenvalue weighted by Gasteiger charge is 2.10. The van der Waals surface area contributed by atoms with Gasteiger partial charge < -0.3 is 32.4 Å². The Morgan fingerprint density at radius 3 is 1.42 bits per heavy atom. The fourth-order valence-electron chi connectivity index (χ4n) is 4.91. The zero-order chi connectivity index (χ0) is 29.4. The molecule has 1 aromatic heterocycles. The normalized spacial score (nSPS) is 11.5. The number of rotatable bonds is 12. The van der Waals surface area contributed by atoms with Crippen LogP contribution in [0.5, 0.6) is 0 Å². The van der Waals surface area contributed by atoms with Gasteiger partial charge in [-0.15, -0.1) is 0 Å². The highest BCUT2D eigenvalue weighted by molar-refractivity contribution is 6.04. The fraction of sp³-hybridized carbons (Fsp3) is 0.114. The van der Waals surface area contributed by atoms with Crippen LogP contribution in [0.3, 0.4) is 0 Å². The Kier molecular flexibility index (Phi) is 8.27. The van der Waals surface area contributed by atoms with Crippen molar-refractivity contribution in [2.24, 2.45) is 0 Å². The van der Waals surface area contributed by atoms with Gasteiger partial charge in [-0.05, 0) is 74.0 Å². The van der Waals surface area contributed by atoms with E-state index in [1.54, 1.807) is 12.4 Å². The Morgan fingerprint density at radius 2 is 0.930 bits per heavy atom. The molecule has 1 atom stereocenters. The number of anilines is 7. The molecule has 0 aliphatic carbocycles. The molecule has 0 saturated heterocycles. The van der Waals surface area contributed by atoms with E-state index in [2.05, 4.69) is 129 Å². The monoisotopic (exact) mass is 568 g/mol. The molecule has 5 aromatic carbocycles. The van der Waals surface area contributed by atoms with Crippen molar-refractivity contribution in [3.8, 4) is 0 Å². The molecule has 1 heterocycles. The number of hydrogen-bond donors (Lipinski definition) is 7. The molecule has 6 rings (SSSR count). The molecule has 6 aromatic rings. The number of fused-ring (bicyclic) bond motifs is 2. The topological polar surface area (TPSA) is 97.1 Å². The van der Waals surface area contributed by atoms with Crippen LogP contribution in [0, 0.1) is 0 Å². The zero-order valence-corrected chi connectivity index (χ0v) is 24.3. The quantitative estimate of drug-likeness (QED) is 0.0736. The molecular weight excluding hydrogens is 532 g/mol. The molecular formula is C35H36N8. The van der Waals surface area contributed by atoms with E-state index in [0.717, 1.165) is 62.4 Å². The average Bonchev–Trinajstić information content (AvgIpc) is 3.07. The number of hydrogen-bond acceptors (Lipinski definition) is 8. The van der Waals surface area contributed by atoms with Crippen molar-refractivity contribution in [1.29, 1.82) is 0 Å². The van der Waals surface area contributed by atoms with E-state index in [1.165, 1.54) is 5.39 Å². The Balaban J connectivity index is 1.14. The van der Waals surface area contributed by atoms with Crippen molar-refractivity contribution in [2.75, 3.05) is 37.9 Å². The highest BCUT2D eigenvalue weighted by Crippen LogP contribution is 2.33. The lowest BCUT2D eigenvalue weighted by atomic mass is 10.1. The van der Waals surface area contributed by atoms with Crippen molar-refractivity contribution in [2.45, 2.75) is 26.3 Å². The minimum atomic E-state index is 0.407. The summed E-state index contributed by atoms with van der Waals surface area (Å²) in [7, 11) is 0. The highest BCUT2D eigenvalue weighted by atomic mass is 15.4. The average molecular weight is 569 g/mol. The van der Waals surface area contributed by atoms with Crippen LogP contribution in [0.1, 0.15) is 20.3 Å². The van der Waals surface area contributed by atoms with Gasteiger partial charge in [0.05, 0.1) is 40.3 Å². The van der Waals surface area contributed by atoms with Crippen LogP contribution in [0.15, 0.2) is 122 Å². The van der Waals surface area contributed by atoms with Crippen LogP contribution in [0.2, 0.25) is 0 Å². The lowest BCUT2D eigenvalue weighted by molar-refractivity contribution is 0.765. The molecule has 1 unspecified atom stereocenters. The second-order valence-corrected chi connectivity index (χ2v) is 10.4. The maximum Gasteiger partial charge on any atom is 0.0723 e. The van der Waals surface area contributed by atoms with Gasteiger partial charge in [0.1, 0.15) is 0 Å². The van der Waals surface area contributed by atoms with Gasteiger partial charge in [0.15, 0.2) is 0 Å². The van der Waals surface area contributed by atoms with Crippen LogP contribution in [0.25, 0.3) is 21.5 Å². The Labute approximate surface area is 251 Å². The van der Waals surface area contributed by atoms with E-state index < -0.39 is 0 Å². The molecule has 0 fully saturated rings. The summed E-state index contributed by atoms with van der Waals surface area (Å²) in [6.07, 6.45) is 4.58. The fourth-order valence-corrected chi connectivity index (χ4v) is 4.91. The zero-order valence-electron chi connectivity index (χ0n) is 24.3. The number of aromatic nitrogens is 1. The molecule has 8 heteroatoms. The van der Waals surface area contributed by atoms with E-state index in [-0.39, 0.29) is 0 Å². The maximum atomic E-state index is 4.11. The van der Waals surface area contributed by atoms with Gasteiger partial charge in [-0.3, -0.25) is 10.4 Å². The smallest absolute Gasteiger partial charge is 0.0723 e. The van der Waals surface area contributed by atoms with E-state index in [9.17, 15) is 0 Å². The van der Waals surface area contributed by atoms with Gasteiger partial charge in [0.25, 0.3) is 0 Å². The third-order valence-corrected chi connectivity index (χ3v) is 7.43. The second-order valence-electron chi connectivity index (χ2n) is 10.4. The van der Waals surface area contributed by atoms with Crippen LogP contribution in [-0.2, 0) is 0 Å². The largest absolute Gasteiger partial charge is 0.382 e. The SMILES string of the molecule is CCC(C)Nc1ccc(NNc2ccc(NNc3ccc(NNc4cccnc4)cc3)c3ccccc23)c2ccccc12. The summed E-state index contributed by atoms with van der Waals surface area (Å²) in [6, 6.07) is 37.5. The third-order valence-electron chi connectivity index (χ3n) is 7.43. The van der Waals surface area contributed by atoms with Crippen LogP contribution in [-0.4, -0.2) is 11.0 Å². The second kappa shape index (κ2) is 12.9. The summed E-state index contributed by atoms with van der Waals surface area (Å²) in [5.74, 6) is 0. The minimum absolute atomic E-state index is 0.407. The van der Waals surface area contributed by atoms with Crippen molar-refractivity contribution in [3.63, 3.8) is 0 Å². The van der Waals surface area contributed by atoms with Crippen LogP contribution < -0.4 is 37.9 Å². The first kappa shape index (κ1) is 27.5. The molecule has 7 N–H and O–H groups in total. The van der Waals surface area contributed by atoms with E-state index in [0.29, 0.717) is 6.04 Å². The third kappa shape index (κ3) is 6.49. The molecule has 8 nitrogen and oxygen atoms in total. The molecule has 0 spiro atoms. The van der Waals surface area contributed by atoms with E-state index in [4.69, 9.17) is 0 Å². The van der Waals surface area contributed by atoms with Gasteiger partial charge in [-0.25, -0.2) is 0 Å². The van der Waals surface area contributed by atoms with Gasteiger partial charge in [0, 0.05) is 39.5 Å². The Bertz CT molecular complexity index is 1810. The van der Waals surface area contributed by atoms with Gasteiger partial charge >= 0.3 is 0 Å². The molecule has 216 valence electrons. The standard InChI is InChI=1S/C35H36N8/c1-3-24(2)37-32-18-19-34(29-11-5-4-10-28(29)32)42-43-35-21-20-33(30-12-6-7-13-31(30)35)41-39-26-16-14-25(15-17-26)38-40-27-9-8-22-36-23-27/h4-24,37-43H,3H2,1-2H3. The predicted octanol–water partition coefficient (Wildman–Crippen LogP) is 8.92. The first-order valence-electron chi connectivity index (χ1n) is 14.5. The molecule has 0 amide bonds. The molecule has 0 aliphatic heterocycles. The Hall–Kier alpha value is -5.63.